The zero-order valence-corrected chi connectivity index (χ0v) is 23.9. The molecule has 0 aromatic heterocycles. The van der Waals surface area contributed by atoms with E-state index in [4.69, 9.17) is 4.74 Å². The quantitative estimate of drug-likeness (QED) is 0.440. The van der Waals surface area contributed by atoms with Gasteiger partial charge in [-0.3, -0.25) is 9.59 Å². The molecule has 36 heavy (non-hydrogen) atoms. The summed E-state index contributed by atoms with van der Waals surface area (Å²) in [5, 5.41) is 15.9. The van der Waals surface area contributed by atoms with Crippen LogP contribution in [0.2, 0.25) is 0 Å². The molecule has 0 saturated heterocycles. The number of benzene rings is 1. The summed E-state index contributed by atoms with van der Waals surface area (Å²) in [6.07, 6.45) is 2.44. The Morgan fingerprint density at radius 2 is 1.81 bits per heavy atom. The van der Waals surface area contributed by atoms with Crippen molar-refractivity contribution in [3.8, 4) is 5.75 Å². The van der Waals surface area contributed by atoms with E-state index in [0.717, 1.165) is 6.42 Å². The Kier molecular flexibility index (Phi) is 9.73. The fourth-order valence-corrected chi connectivity index (χ4v) is 4.49. The Morgan fingerprint density at radius 3 is 2.28 bits per heavy atom. The molecule has 3 N–H and O–H groups in total. The van der Waals surface area contributed by atoms with Crippen molar-refractivity contribution in [1.29, 1.82) is 0 Å². The van der Waals surface area contributed by atoms with Crippen LogP contribution in [0.25, 0.3) is 0 Å². The molecule has 0 heterocycles. The molecule has 1 saturated carbocycles. The molecule has 2 rings (SSSR count). The number of carbonyl (C=O) groups is 3. The zero-order chi connectivity index (χ0) is 27.4. The van der Waals surface area contributed by atoms with Crippen LogP contribution in [0.1, 0.15) is 78.5 Å². The Hall–Kier alpha value is -2.42. The Balaban J connectivity index is 2.52. The van der Waals surface area contributed by atoms with Gasteiger partial charge in [0.2, 0.25) is 11.8 Å². The molecule has 9 heteroatoms. The van der Waals surface area contributed by atoms with Crippen molar-refractivity contribution in [3.05, 3.63) is 29.3 Å². The smallest absolute Gasteiger partial charge is 0.408 e. The number of hydrogen-bond acceptors (Lipinski definition) is 6. The lowest BCUT2D eigenvalue weighted by molar-refractivity contribution is -0.144. The number of nitrogens with one attached hydrogen (secondary N) is 2. The van der Waals surface area contributed by atoms with Crippen molar-refractivity contribution < 1.29 is 24.2 Å². The average molecular weight is 522 g/mol. The number of aryl methyl sites for hydroxylation is 1. The van der Waals surface area contributed by atoms with Gasteiger partial charge in [-0.15, -0.1) is 0 Å². The number of aromatic hydroxyl groups is 1. The first-order valence-electron chi connectivity index (χ1n) is 12.5. The van der Waals surface area contributed by atoms with E-state index in [-0.39, 0.29) is 29.5 Å². The average Bonchev–Trinajstić information content (AvgIpc) is 3.44. The van der Waals surface area contributed by atoms with Crippen molar-refractivity contribution in [2.24, 2.45) is 5.92 Å². The number of thioether (sulfide) groups is 1. The molecule has 0 spiro atoms. The molecule has 0 aliphatic heterocycles. The number of hydrogen-bond donors (Lipinski definition) is 3. The van der Waals surface area contributed by atoms with Crippen LogP contribution < -0.4 is 10.6 Å². The molecule has 202 valence electrons. The highest BCUT2D eigenvalue weighted by Crippen LogP contribution is 2.41. The van der Waals surface area contributed by atoms with E-state index in [0.29, 0.717) is 23.3 Å². The van der Waals surface area contributed by atoms with Gasteiger partial charge in [0.15, 0.2) is 0 Å². The number of amides is 3. The summed E-state index contributed by atoms with van der Waals surface area (Å²) >= 11 is 1.58. The number of nitrogens with zero attached hydrogens (tertiary/aromatic N) is 1. The topological polar surface area (TPSA) is 108 Å². The number of carbonyl (C=O) groups excluding carboxylic acids is 3. The second kappa shape index (κ2) is 11.8. The minimum Gasteiger partial charge on any atom is -0.508 e. The van der Waals surface area contributed by atoms with Gasteiger partial charge in [0.25, 0.3) is 0 Å². The first kappa shape index (κ1) is 29.8. The fraction of sp³-hybridized carbons (Fsp3) is 0.667. The lowest BCUT2D eigenvalue weighted by atomic mass is 9.98. The van der Waals surface area contributed by atoms with Crippen LogP contribution in [-0.2, 0) is 14.3 Å². The van der Waals surface area contributed by atoms with E-state index in [1.165, 1.54) is 0 Å². The molecule has 1 aromatic carbocycles. The molecular formula is C27H43N3O5S. The highest BCUT2D eigenvalue weighted by molar-refractivity contribution is 7.98. The second-order valence-electron chi connectivity index (χ2n) is 11.7. The van der Waals surface area contributed by atoms with Gasteiger partial charge in [0.05, 0.1) is 0 Å². The minimum atomic E-state index is -0.914. The monoisotopic (exact) mass is 521 g/mol. The minimum absolute atomic E-state index is 0.121. The summed E-state index contributed by atoms with van der Waals surface area (Å²) in [5.74, 6) is 0.373. The number of phenols is 1. The third kappa shape index (κ3) is 8.61. The summed E-state index contributed by atoms with van der Waals surface area (Å²) < 4.78 is 5.43. The van der Waals surface area contributed by atoms with E-state index >= 15 is 0 Å². The van der Waals surface area contributed by atoms with Crippen molar-refractivity contribution in [2.75, 3.05) is 12.0 Å². The molecule has 3 amide bonds. The van der Waals surface area contributed by atoms with Crippen molar-refractivity contribution >= 4 is 29.7 Å². The van der Waals surface area contributed by atoms with Crippen LogP contribution in [0, 0.1) is 12.8 Å². The highest BCUT2D eigenvalue weighted by Gasteiger charge is 2.48. The van der Waals surface area contributed by atoms with Gasteiger partial charge in [-0.2, -0.15) is 11.8 Å². The maximum Gasteiger partial charge on any atom is 0.408 e. The molecule has 4 atom stereocenters. The van der Waals surface area contributed by atoms with Crippen molar-refractivity contribution in [2.45, 2.75) is 97.5 Å². The van der Waals surface area contributed by atoms with E-state index in [2.05, 4.69) is 10.6 Å². The summed E-state index contributed by atoms with van der Waals surface area (Å²) in [4.78, 5) is 42.1. The van der Waals surface area contributed by atoms with Crippen LogP contribution in [0.4, 0.5) is 4.79 Å². The molecule has 0 bridgehead atoms. The summed E-state index contributed by atoms with van der Waals surface area (Å²) in [7, 11) is 0. The molecular weight excluding hydrogens is 478 g/mol. The van der Waals surface area contributed by atoms with Crippen LogP contribution in [-0.4, -0.2) is 63.1 Å². The lowest BCUT2D eigenvalue weighted by Crippen LogP contribution is -2.55. The second-order valence-corrected chi connectivity index (χ2v) is 12.7. The van der Waals surface area contributed by atoms with Gasteiger partial charge in [-0.1, -0.05) is 13.0 Å². The maximum atomic E-state index is 14.1. The largest absolute Gasteiger partial charge is 0.508 e. The van der Waals surface area contributed by atoms with Gasteiger partial charge in [0.1, 0.15) is 23.4 Å². The first-order chi connectivity index (χ1) is 16.5. The highest BCUT2D eigenvalue weighted by atomic mass is 32.2. The molecule has 1 aliphatic carbocycles. The predicted octanol–water partition coefficient (Wildman–Crippen LogP) is 4.54. The van der Waals surface area contributed by atoms with Crippen LogP contribution >= 0.6 is 11.8 Å². The summed E-state index contributed by atoms with van der Waals surface area (Å²) in [6, 6.07) is 3.07. The van der Waals surface area contributed by atoms with Crippen LogP contribution in [0.5, 0.6) is 5.75 Å². The Labute approximate surface area is 219 Å². The molecule has 1 fully saturated rings. The Morgan fingerprint density at radius 1 is 1.19 bits per heavy atom. The number of rotatable bonds is 9. The van der Waals surface area contributed by atoms with Crippen LogP contribution in [0.3, 0.4) is 0 Å². The fourth-order valence-electron chi connectivity index (χ4n) is 4.02. The standard InChI is InChI=1S/C27H43N3O5S/c1-16-15-20(16)30(24(33)19(12-13-36-9)28-25(34)35-27(6,7)8)22(23(32)29-26(3,4)5)18-10-11-21(31)17(2)14-18/h10-11,14,16,19-20,22,31H,12-13,15H2,1-9H3,(H,28,34)(H,29,32). The van der Waals surface area contributed by atoms with Crippen molar-refractivity contribution in [3.63, 3.8) is 0 Å². The lowest BCUT2D eigenvalue weighted by Gasteiger charge is -2.36. The van der Waals surface area contributed by atoms with E-state index < -0.39 is 29.3 Å². The van der Waals surface area contributed by atoms with Gasteiger partial charge < -0.3 is 25.4 Å². The number of ether oxygens (including phenoxy) is 1. The zero-order valence-electron chi connectivity index (χ0n) is 23.1. The third-order valence-corrected chi connectivity index (χ3v) is 6.48. The number of alkyl carbamates (subject to hydrolysis) is 1. The predicted molar refractivity (Wildman–Crippen MR) is 144 cm³/mol. The van der Waals surface area contributed by atoms with Gasteiger partial charge in [-0.05, 0) is 102 Å². The van der Waals surface area contributed by atoms with E-state index in [1.807, 2.05) is 34.0 Å². The van der Waals surface area contributed by atoms with Gasteiger partial charge >= 0.3 is 6.09 Å². The third-order valence-electron chi connectivity index (χ3n) is 5.84. The van der Waals surface area contributed by atoms with Crippen molar-refractivity contribution in [1.82, 2.24) is 15.5 Å². The van der Waals surface area contributed by atoms with E-state index in [9.17, 15) is 19.5 Å². The number of phenolic OH excluding ortho intramolecular Hbond substituents is 1. The first-order valence-corrected chi connectivity index (χ1v) is 13.9. The Bertz CT molecular complexity index is 954. The van der Waals surface area contributed by atoms with Gasteiger partial charge in [-0.25, -0.2) is 4.79 Å². The SMILES string of the molecule is CSCCC(NC(=O)OC(C)(C)C)C(=O)N(C(C(=O)NC(C)(C)C)c1ccc(O)c(C)c1)C1CC1C. The summed E-state index contributed by atoms with van der Waals surface area (Å²) in [5.41, 5.74) is 0.00203. The molecule has 0 radical (unpaired) electrons. The summed E-state index contributed by atoms with van der Waals surface area (Å²) in [6.45, 7) is 14.8. The molecule has 4 unspecified atom stereocenters. The molecule has 1 aromatic rings. The van der Waals surface area contributed by atoms with Gasteiger partial charge in [0, 0.05) is 11.6 Å². The van der Waals surface area contributed by atoms with Crippen LogP contribution in [0.15, 0.2) is 18.2 Å². The molecule has 1 aliphatic rings. The van der Waals surface area contributed by atoms with E-state index in [1.54, 1.807) is 62.6 Å². The molecule has 8 nitrogen and oxygen atoms in total. The normalized spacial score (nSPS) is 19.1. The maximum absolute atomic E-state index is 14.1.